The summed E-state index contributed by atoms with van der Waals surface area (Å²) >= 11 is 0. The van der Waals surface area contributed by atoms with Crippen molar-refractivity contribution in [1.29, 1.82) is 0 Å². The molecule has 0 saturated heterocycles. The summed E-state index contributed by atoms with van der Waals surface area (Å²) in [6.45, 7) is 5.27. The van der Waals surface area contributed by atoms with Gasteiger partial charge in [-0.1, -0.05) is 13.3 Å². The zero-order chi connectivity index (χ0) is 12.4. The molecular weight excluding hydrogens is 208 g/mol. The van der Waals surface area contributed by atoms with E-state index in [1.165, 1.54) is 0 Å². The van der Waals surface area contributed by atoms with Crippen LogP contribution in [0.25, 0.3) is 0 Å². The second kappa shape index (κ2) is 9.15. The lowest BCUT2D eigenvalue weighted by molar-refractivity contribution is -0.144. The van der Waals surface area contributed by atoms with Crippen molar-refractivity contribution in [3.05, 3.63) is 0 Å². The van der Waals surface area contributed by atoms with Crippen LogP contribution in [0.15, 0.2) is 0 Å². The van der Waals surface area contributed by atoms with Crippen LogP contribution in [0.3, 0.4) is 0 Å². The van der Waals surface area contributed by atoms with Gasteiger partial charge in [-0.15, -0.1) is 0 Å². The summed E-state index contributed by atoms with van der Waals surface area (Å²) in [5.74, 6) is -0.355. The molecule has 1 amide bonds. The Morgan fingerprint density at radius 1 is 1.25 bits per heavy atom. The lowest BCUT2D eigenvalue weighted by Gasteiger charge is -2.14. The molecule has 1 N–H and O–H groups in total. The van der Waals surface area contributed by atoms with Crippen molar-refractivity contribution in [2.45, 2.75) is 26.7 Å². The molecule has 0 unspecified atom stereocenters. The average molecular weight is 230 g/mol. The number of likely N-dealkylation sites (N-methyl/N-ethyl adjacent to an activating group) is 1. The van der Waals surface area contributed by atoms with Gasteiger partial charge in [0.05, 0.1) is 19.7 Å². The van der Waals surface area contributed by atoms with E-state index in [0.717, 1.165) is 12.8 Å². The van der Waals surface area contributed by atoms with E-state index in [1.54, 1.807) is 18.9 Å². The van der Waals surface area contributed by atoms with Crippen molar-refractivity contribution < 1.29 is 14.3 Å². The monoisotopic (exact) mass is 230 g/mol. The molecule has 0 aromatic carbocycles. The van der Waals surface area contributed by atoms with Gasteiger partial charge < -0.3 is 10.1 Å². The first-order valence-corrected chi connectivity index (χ1v) is 5.71. The summed E-state index contributed by atoms with van der Waals surface area (Å²) in [4.78, 5) is 24.1. The summed E-state index contributed by atoms with van der Waals surface area (Å²) in [5, 5.41) is 2.79. The molecule has 0 aromatic heterocycles. The molecule has 0 radical (unpaired) electrons. The first kappa shape index (κ1) is 14.9. The van der Waals surface area contributed by atoms with E-state index in [1.807, 2.05) is 0 Å². The minimum Gasteiger partial charge on any atom is -0.465 e. The number of carbonyl (C=O) groups excluding carboxylic acids is 2. The van der Waals surface area contributed by atoms with Gasteiger partial charge in [0.2, 0.25) is 5.91 Å². The lowest BCUT2D eigenvalue weighted by atomic mass is 10.3. The van der Waals surface area contributed by atoms with E-state index in [2.05, 4.69) is 12.2 Å². The van der Waals surface area contributed by atoms with Gasteiger partial charge in [-0.25, -0.2) is 0 Å². The smallest absolute Gasteiger partial charge is 0.320 e. The summed E-state index contributed by atoms with van der Waals surface area (Å²) in [7, 11) is 1.72. The Morgan fingerprint density at radius 3 is 2.50 bits per heavy atom. The van der Waals surface area contributed by atoms with E-state index in [9.17, 15) is 9.59 Å². The third-order valence-electron chi connectivity index (χ3n) is 1.97. The van der Waals surface area contributed by atoms with Gasteiger partial charge >= 0.3 is 5.97 Å². The Kier molecular flexibility index (Phi) is 8.52. The zero-order valence-electron chi connectivity index (χ0n) is 10.4. The van der Waals surface area contributed by atoms with Crippen molar-refractivity contribution in [2.24, 2.45) is 0 Å². The Labute approximate surface area is 97.1 Å². The Bertz CT molecular complexity index is 219. The molecule has 0 heterocycles. The molecule has 0 atom stereocenters. The molecule has 0 fully saturated rings. The maximum absolute atomic E-state index is 11.4. The summed E-state index contributed by atoms with van der Waals surface area (Å²) in [5.41, 5.74) is 0. The highest BCUT2D eigenvalue weighted by Gasteiger charge is 2.10. The van der Waals surface area contributed by atoms with Crippen molar-refractivity contribution >= 4 is 11.9 Å². The van der Waals surface area contributed by atoms with Crippen LogP contribution < -0.4 is 5.32 Å². The highest BCUT2D eigenvalue weighted by Crippen LogP contribution is 1.87. The summed E-state index contributed by atoms with van der Waals surface area (Å²) < 4.78 is 4.78. The van der Waals surface area contributed by atoms with E-state index >= 15 is 0 Å². The first-order valence-electron chi connectivity index (χ1n) is 5.71. The number of hydrogen-bond acceptors (Lipinski definition) is 4. The fraction of sp³-hybridized carbons (Fsp3) is 0.818. The molecular formula is C11H22N2O3. The van der Waals surface area contributed by atoms with Gasteiger partial charge in [-0.3, -0.25) is 14.5 Å². The molecule has 0 aromatic rings. The number of ether oxygens (including phenoxy) is 1. The Balaban J connectivity index is 3.65. The number of hydrogen-bond donors (Lipinski definition) is 1. The first-order chi connectivity index (χ1) is 7.60. The SMILES string of the molecule is CCCCNC(=O)CN(C)CC(=O)OCC. The van der Waals surface area contributed by atoms with Crippen molar-refractivity contribution in [1.82, 2.24) is 10.2 Å². The average Bonchev–Trinajstić information content (AvgIpc) is 2.17. The number of unbranched alkanes of at least 4 members (excludes halogenated alkanes) is 1. The number of amides is 1. The van der Waals surface area contributed by atoms with E-state index in [4.69, 9.17) is 4.74 Å². The molecule has 0 aliphatic rings. The largest absolute Gasteiger partial charge is 0.465 e. The van der Waals surface area contributed by atoms with Gasteiger partial charge in [-0.05, 0) is 20.4 Å². The second-order valence-electron chi connectivity index (χ2n) is 3.68. The van der Waals surface area contributed by atoms with Crippen LogP contribution in [0.1, 0.15) is 26.7 Å². The molecule has 16 heavy (non-hydrogen) atoms. The summed E-state index contributed by atoms with van der Waals surface area (Å²) in [6, 6.07) is 0. The predicted molar refractivity (Wildman–Crippen MR) is 62.0 cm³/mol. The van der Waals surface area contributed by atoms with Gasteiger partial charge in [0.15, 0.2) is 0 Å². The predicted octanol–water partition coefficient (Wildman–Crippen LogP) is 0.398. The number of carbonyl (C=O) groups is 2. The molecule has 0 aliphatic carbocycles. The Morgan fingerprint density at radius 2 is 1.94 bits per heavy atom. The number of nitrogens with one attached hydrogen (secondary N) is 1. The standard InChI is InChI=1S/C11H22N2O3/c1-4-6-7-12-10(14)8-13(3)9-11(15)16-5-2/h4-9H2,1-3H3,(H,12,14). The van der Waals surface area contributed by atoms with Crippen LogP contribution >= 0.6 is 0 Å². The maximum atomic E-state index is 11.4. The fourth-order valence-corrected chi connectivity index (χ4v) is 1.19. The van der Waals surface area contributed by atoms with Crippen LogP contribution in [0.5, 0.6) is 0 Å². The molecule has 94 valence electrons. The summed E-state index contributed by atoms with van der Waals surface area (Å²) in [6.07, 6.45) is 2.03. The normalized spacial score (nSPS) is 10.2. The lowest BCUT2D eigenvalue weighted by Crippen LogP contribution is -2.38. The van der Waals surface area contributed by atoms with Crippen LogP contribution in [0.2, 0.25) is 0 Å². The maximum Gasteiger partial charge on any atom is 0.320 e. The molecule has 0 rings (SSSR count). The highest BCUT2D eigenvalue weighted by atomic mass is 16.5. The third-order valence-corrected chi connectivity index (χ3v) is 1.97. The van der Waals surface area contributed by atoms with Crippen LogP contribution in [-0.4, -0.2) is 50.1 Å². The number of rotatable bonds is 8. The molecule has 0 aliphatic heterocycles. The Hall–Kier alpha value is -1.10. The van der Waals surface area contributed by atoms with Gasteiger partial charge in [-0.2, -0.15) is 0 Å². The quantitative estimate of drug-likeness (QED) is 0.484. The van der Waals surface area contributed by atoms with E-state index in [-0.39, 0.29) is 25.0 Å². The molecule has 0 saturated carbocycles. The third kappa shape index (κ3) is 8.23. The van der Waals surface area contributed by atoms with Gasteiger partial charge in [0, 0.05) is 6.54 Å². The molecule has 0 bridgehead atoms. The van der Waals surface area contributed by atoms with E-state index < -0.39 is 0 Å². The van der Waals surface area contributed by atoms with Gasteiger partial charge in [0.25, 0.3) is 0 Å². The minimum atomic E-state index is -0.300. The van der Waals surface area contributed by atoms with E-state index in [0.29, 0.717) is 13.2 Å². The minimum absolute atomic E-state index is 0.0553. The van der Waals surface area contributed by atoms with Crippen LogP contribution in [0, 0.1) is 0 Å². The van der Waals surface area contributed by atoms with Gasteiger partial charge in [0.1, 0.15) is 0 Å². The fourth-order valence-electron chi connectivity index (χ4n) is 1.19. The van der Waals surface area contributed by atoms with Crippen molar-refractivity contribution in [2.75, 3.05) is 33.3 Å². The second-order valence-corrected chi connectivity index (χ2v) is 3.68. The topological polar surface area (TPSA) is 58.6 Å². The van der Waals surface area contributed by atoms with Crippen LogP contribution in [-0.2, 0) is 14.3 Å². The van der Waals surface area contributed by atoms with Crippen LogP contribution in [0.4, 0.5) is 0 Å². The highest BCUT2D eigenvalue weighted by molar-refractivity contribution is 5.79. The van der Waals surface area contributed by atoms with Crippen molar-refractivity contribution in [3.63, 3.8) is 0 Å². The number of nitrogens with zero attached hydrogens (tertiary/aromatic N) is 1. The molecule has 5 heteroatoms. The zero-order valence-corrected chi connectivity index (χ0v) is 10.4. The van der Waals surface area contributed by atoms with Crippen molar-refractivity contribution in [3.8, 4) is 0 Å². The number of esters is 1. The molecule has 0 spiro atoms. The molecule has 5 nitrogen and oxygen atoms in total.